The lowest BCUT2D eigenvalue weighted by Gasteiger charge is -2.36. The number of piperidine rings is 1. The second kappa shape index (κ2) is 7.00. The van der Waals surface area contributed by atoms with E-state index < -0.39 is 0 Å². The molecule has 3 heterocycles. The Morgan fingerprint density at radius 3 is 2.73 bits per heavy atom. The quantitative estimate of drug-likeness (QED) is 0.748. The Morgan fingerprint density at radius 2 is 2.08 bits per heavy atom. The van der Waals surface area contributed by atoms with Crippen molar-refractivity contribution in [3.63, 3.8) is 0 Å². The van der Waals surface area contributed by atoms with Crippen LogP contribution in [0, 0.1) is 12.8 Å². The summed E-state index contributed by atoms with van der Waals surface area (Å²) in [6.45, 7) is 8.57. The van der Waals surface area contributed by atoms with Crippen LogP contribution in [0.1, 0.15) is 54.6 Å². The Hall–Kier alpha value is -1.92. The number of likely N-dealkylation sites (tertiary alicyclic amines) is 1. The average molecular weight is 371 g/mol. The monoisotopic (exact) mass is 370 g/mol. The van der Waals surface area contributed by atoms with Crippen LogP contribution in [0.4, 0.5) is 0 Å². The average Bonchev–Trinajstić information content (AvgIpc) is 3.17. The molecule has 0 bridgehead atoms. The molecule has 3 aromatic rings. The molecule has 1 aliphatic rings. The molecule has 1 aliphatic heterocycles. The number of aryl methyl sites for hydroxylation is 2. The van der Waals surface area contributed by atoms with Gasteiger partial charge in [-0.3, -0.25) is 4.90 Å². The SMILES string of the molecule is CCc1nc2sc([C@H](c3cccc(C)c3)N3CCC(C)CC3)c(O)n2n1. The van der Waals surface area contributed by atoms with Crippen LogP contribution in [-0.2, 0) is 6.42 Å². The van der Waals surface area contributed by atoms with Crippen LogP contribution in [0.15, 0.2) is 24.3 Å². The molecule has 5 nitrogen and oxygen atoms in total. The van der Waals surface area contributed by atoms with Crippen LogP contribution in [0.5, 0.6) is 5.88 Å². The van der Waals surface area contributed by atoms with E-state index in [4.69, 9.17) is 0 Å². The standard InChI is InChI=1S/C20H26N4OS/c1-4-16-21-20-24(22-16)19(25)18(26-20)17(15-7-5-6-14(3)12-15)23-10-8-13(2)9-11-23/h5-7,12-13,17,25H,4,8-11H2,1-3H3/t17-/m0/s1. The summed E-state index contributed by atoms with van der Waals surface area (Å²) in [4.78, 5) is 8.78. The molecule has 0 amide bonds. The number of rotatable bonds is 4. The van der Waals surface area contributed by atoms with Crippen LogP contribution < -0.4 is 0 Å². The molecule has 1 aromatic carbocycles. The van der Waals surface area contributed by atoms with Crippen molar-refractivity contribution in [2.75, 3.05) is 13.1 Å². The smallest absolute Gasteiger partial charge is 0.230 e. The predicted octanol–water partition coefficient (Wildman–Crippen LogP) is 4.19. The topological polar surface area (TPSA) is 53.7 Å². The van der Waals surface area contributed by atoms with E-state index in [-0.39, 0.29) is 11.9 Å². The van der Waals surface area contributed by atoms with Crippen molar-refractivity contribution in [2.24, 2.45) is 5.92 Å². The van der Waals surface area contributed by atoms with E-state index in [2.05, 4.69) is 53.1 Å². The fourth-order valence-corrected chi connectivity index (χ4v) is 4.91. The first kappa shape index (κ1) is 17.5. The largest absolute Gasteiger partial charge is 0.492 e. The summed E-state index contributed by atoms with van der Waals surface area (Å²) in [5, 5.41) is 15.4. The first-order valence-electron chi connectivity index (χ1n) is 9.44. The van der Waals surface area contributed by atoms with Crippen molar-refractivity contribution in [1.82, 2.24) is 19.5 Å². The van der Waals surface area contributed by atoms with E-state index in [1.165, 1.54) is 24.0 Å². The Kier molecular flexibility index (Phi) is 4.71. The highest BCUT2D eigenvalue weighted by atomic mass is 32.1. The van der Waals surface area contributed by atoms with E-state index in [1.54, 1.807) is 15.9 Å². The summed E-state index contributed by atoms with van der Waals surface area (Å²) in [5.74, 6) is 1.78. The predicted molar refractivity (Wildman–Crippen MR) is 105 cm³/mol. The van der Waals surface area contributed by atoms with E-state index in [0.717, 1.165) is 41.1 Å². The Labute approximate surface area is 158 Å². The van der Waals surface area contributed by atoms with Gasteiger partial charge in [0.2, 0.25) is 10.8 Å². The minimum absolute atomic E-state index is 0.0565. The highest BCUT2D eigenvalue weighted by molar-refractivity contribution is 7.17. The zero-order valence-electron chi connectivity index (χ0n) is 15.6. The molecular formula is C20H26N4OS. The first-order valence-corrected chi connectivity index (χ1v) is 10.3. The minimum Gasteiger partial charge on any atom is -0.492 e. The molecule has 1 atom stereocenters. The molecule has 1 N–H and O–H groups in total. The number of fused-ring (bicyclic) bond motifs is 1. The number of hydrogen-bond acceptors (Lipinski definition) is 5. The van der Waals surface area contributed by atoms with E-state index in [1.807, 2.05) is 6.92 Å². The molecule has 4 rings (SSSR count). The molecule has 0 aliphatic carbocycles. The lowest BCUT2D eigenvalue weighted by Crippen LogP contribution is -2.36. The summed E-state index contributed by atoms with van der Waals surface area (Å²) in [5.41, 5.74) is 2.47. The van der Waals surface area contributed by atoms with E-state index in [9.17, 15) is 5.11 Å². The van der Waals surface area contributed by atoms with Crippen LogP contribution in [-0.4, -0.2) is 37.7 Å². The number of thiazole rings is 1. The summed E-state index contributed by atoms with van der Waals surface area (Å²) in [6, 6.07) is 8.68. The summed E-state index contributed by atoms with van der Waals surface area (Å²) in [6.07, 6.45) is 3.17. The third-order valence-electron chi connectivity index (χ3n) is 5.35. The third-order valence-corrected chi connectivity index (χ3v) is 6.42. The number of benzene rings is 1. The Bertz CT molecular complexity index is 908. The maximum absolute atomic E-state index is 10.9. The summed E-state index contributed by atoms with van der Waals surface area (Å²) < 4.78 is 1.61. The molecule has 6 heteroatoms. The molecule has 0 unspecified atom stereocenters. The zero-order valence-corrected chi connectivity index (χ0v) is 16.5. The van der Waals surface area contributed by atoms with Crippen LogP contribution in [0.3, 0.4) is 0 Å². The van der Waals surface area contributed by atoms with Gasteiger partial charge in [-0.05, 0) is 44.3 Å². The minimum atomic E-state index is 0.0565. The van der Waals surface area contributed by atoms with Crippen molar-refractivity contribution < 1.29 is 5.11 Å². The van der Waals surface area contributed by atoms with Crippen molar-refractivity contribution in [1.29, 1.82) is 0 Å². The van der Waals surface area contributed by atoms with Gasteiger partial charge in [-0.2, -0.15) is 4.52 Å². The Morgan fingerprint density at radius 1 is 1.31 bits per heavy atom. The molecule has 26 heavy (non-hydrogen) atoms. The second-order valence-electron chi connectivity index (χ2n) is 7.40. The van der Waals surface area contributed by atoms with Crippen molar-refractivity contribution in [3.8, 4) is 5.88 Å². The molecule has 0 spiro atoms. The lowest BCUT2D eigenvalue weighted by molar-refractivity contribution is 0.157. The highest BCUT2D eigenvalue weighted by Crippen LogP contribution is 2.41. The van der Waals surface area contributed by atoms with Gasteiger partial charge in [0, 0.05) is 6.42 Å². The van der Waals surface area contributed by atoms with Gasteiger partial charge in [0.05, 0.1) is 10.9 Å². The number of aromatic nitrogens is 3. The number of nitrogens with zero attached hydrogens (tertiary/aromatic N) is 4. The van der Waals surface area contributed by atoms with Crippen LogP contribution >= 0.6 is 11.3 Å². The normalized spacial score (nSPS) is 17.8. The zero-order chi connectivity index (χ0) is 18.3. The van der Waals surface area contributed by atoms with Gasteiger partial charge in [0.15, 0.2) is 5.82 Å². The van der Waals surface area contributed by atoms with Crippen molar-refractivity contribution >= 4 is 16.3 Å². The van der Waals surface area contributed by atoms with Gasteiger partial charge in [-0.1, -0.05) is 55.0 Å². The lowest BCUT2D eigenvalue weighted by atomic mass is 9.94. The molecule has 0 radical (unpaired) electrons. The summed E-state index contributed by atoms with van der Waals surface area (Å²) >= 11 is 1.56. The fraction of sp³-hybridized carbons (Fsp3) is 0.500. The van der Waals surface area contributed by atoms with Crippen molar-refractivity contribution in [3.05, 3.63) is 46.1 Å². The van der Waals surface area contributed by atoms with Gasteiger partial charge in [0.1, 0.15) is 0 Å². The Balaban J connectivity index is 1.79. The first-order chi connectivity index (χ1) is 12.6. The third kappa shape index (κ3) is 3.12. The molecule has 138 valence electrons. The maximum atomic E-state index is 10.9. The van der Waals surface area contributed by atoms with Crippen LogP contribution in [0.2, 0.25) is 0 Å². The molecule has 1 saturated heterocycles. The molecular weight excluding hydrogens is 344 g/mol. The number of aromatic hydroxyl groups is 1. The van der Waals surface area contributed by atoms with Crippen LogP contribution in [0.25, 0.3) is 4.96 Å². The van der Waals surface area contributed by atoms with Gasteiger partial charge >= 0.3 is 0 Å². The molecule has 0 saturated carbocycles. The molecule has 2 aromatic heterocycles. The second-order valence-corrected chi connectivity index (χ2v) is 8.41. The van der Waals surface area contributed by atoms with Gasteiger partial charge in [0.25, 0.3) is 0 Å². The van der Waals surface area contributed by atoms with Gasteiger partial charge < -0.3 is 5.11 Å². The number of hydrogen-bond donors (Lipinski definition) is 1. The fourth-order valence-electron chi connectivity index (χ4n) is 3.77. The highest BCUT2D eigenvalue weighted by Gasteiger charge is 2.31. The van der Waals surface area contributed by atoms with E-state index >= 15 is 0 Å². The maximum Gasteiger partial charge on any atom is 0.230 e. The van der Waals surface area contributed by atoms with Gasteiger partial charge in [-0.15, -0.1) is 5.10 Å². The van der Waals surface area contributed by atoms with Gasteiger partial charge in [-0.25, -0.2) is 4.98 Å². The van der Waals surface area contributed by atoms with Crippen molar-refractivity contribution in [2.45, 2.75) is 46.1 Å². The summed E-state index contributed by atoms with van der Waals surface area (Å²) in [7, 11) is 0. The van der Waals surface area contributed by atoms with E-state index in [0.29, 0.717) is 0 Å². The molecule has 1 fully saturated rings.